The summed E-state index contributed by atoms with van der Waals surface area (Å²) >= 11 is 0. The number of halogens is 1. The molecular formula is C28H31FN4O4. The minimum atomic E-state index is -0.498. The number of nitrogens with one attached hydrogen (secondary N) is 3. The molecule has 0 radical (unpaired) electrons. The second kappa shape index (κ2) is 11.0. The number of methoxy groups -OCH3 is 1. The lowest BCUT2D eigenvalue weighted by Crippen LogP contribution is -2.35. The molecule has 2 aliphatic heterocycles. The highest BCUT2D eigenvalue weighted by Gasteiger charge is 2.33. The quantitative estimate of drug-likeness (QED) is 0.416. The summed E-state index contributed by atoms with van der Waals surface area (Å²) in [6.45, 7) is 4.24. The fraction of sp³-hybridized carbons (Fsp3) is 0.357. The number of hydrogen-bond acceptors (Lipinski definition) is 6. The van der Waals surface area contributed by atoms with Crippen molar-refractivity contribution >= 4 is 17.3 Å². The number of amides is 1. The van der Waals surface area contributed by atoms with E-state index in [1.54, 1.807) is 24.5 Å². The minimum absolute atomic E-state index is 0.0661. The number of hydrogen-bond donors (Lipinski definition) is 3. The van der Waals surface area contributed by atoms with Gasteiger partial charge in [0, 0.05) is 42.9 Å². The summed E-state index contributed by atoms with van der Waals surface area (Å²) < 4.78 is 31.8. The highest BCUT2D eigenvalue weighted by molar-refractivity contribution is 6.07. The van der Waals surface area contributed by atoms with Gasteiger partial charge in [0.2, 0.25) is 0 Å². The molecule has 0 saturated heterocycles. The Morgan fingerprint density at radius 2 is 2.14 bits per heavy atom. The zero-order chi connectivity index (χ0) is 25.8. The summed E-state index contributed by atoms with van der Waals surface area (Å²) in [4.78, 5) is 21.0. The highest BCUT2D eigenvalue weighted by atomic mass is 19.1. The van der Waals surface area contributed by atoms with Crippen LogP contribution in [0.4, 0.5) is 15.8 Å². The number of pyridine rings is 1. The topological polar surface area (TPSA) is 97.5 Å². The first-order valence-electron chi connectivity index (χ1n) is 12.5. The normalized spacial score (nSPS) is 19.6. The standard InChI is InChI=1S/C28H31FN4O4/c1-17-9-13-36-12-4-5-18-15-31-28(34)23-24(18)33-25(19-8-11-30-16-22(19)37-14-10-17)26(23)32-21-7-3-6-20(29)27(21)35-2/h3,6-9,11,16,18,32-33H,4-5,10,12-15H2,1-2H3,(H,31,34)/b17-9-. The third kappa shape index (κ3) is 5.17. The molecule has 2 bridgehead atoms. The zero-order valence-corrected chi connectivity index (χ0v) is 21.0. The molecule has 3 aromatic rings. The highest BCUT2D eigenvalue weighted by Crippen LogP contribution is 2.44. The van der Waals surface area contributed by atoms with E-state index in [0.29, 0.717) is 54.7 Å². The van der Waals surface area contributed by atoms with E-state index in [1.165, 1.54) is 18.7 Å². The van der Waals surface area contributed by atoms with E-state index in [-0.39, 0.29) is 17.6 Å². The second-order valence-corrected chi connectivity index (χ2v) is 9.25. The van der Waals surface area contributed by atoms with E-state index in [4.69, 9.17) is 14.2 Å². The molecular weight excluding hydrogens is 475 g/mol. The van der Waals surface area contributed by atoms with Crippen molar-refractivity contribution in [1.82, 2.24) is 15.3 Å². The van der Waals surface area contributed by atoms with E-state index in [9.17, 15) is 9.18 Å². The molecule has 0 spiro atoms. The molecule has 4 heterocycles. The number of H-pyrrole nitrogens is 1. The number of ether oxygens (including phenoxy) is 3. The van der Waals surface area contributed by atoms with Gasteiger partial charge in [-0.3, -0.25) is 9.78 Å². The van der Waals surface area contributed by atoms with Gasteiger partial charge in [-0.25, -0.2) is 4.39 Å². The average molecular weight is 507 g/mol. The van der Waals surface area contributed by atoms with Gasteiger partial charge >= 0.3 is 0 Å². The molecule has 8 nitrogen and oxygen atoms in total. The lowest BCUT2D eigenvalue weighted by atomic mass is 9.92. The number of para-hydroxylation sites is 1. The van der Waals surface area contributed by atoms with Crippen molar-refractivity contribution in [2.75, 3.05) is 38.8 Å². The van der Waals surface area contributed by atoms with Gasteiger partial charge in [-0.15, -0.1) is 0 Å². The predicted octanol–water partition coefficient (Wildman–Crippen LogP) is 5.32. The first-order valence-corrected chi connectivity index (χ1v) is 12.5. The maximum Gasteiger partial charge on any atom is 0.255 e. The van der Waals surface area contributed by atoms with Crippen LogP contribution in [-0.2, 0) is 4.74 Å². The molecule has 194 valence electrons. The molecule has 1 aromatic carbocycles. The zero-order valence-electron chi connectivity index (χ0n) is 21.0. The number of fused-ring (bicyclic) bond motifs is 3. The summed E-state index contributed by atoms with van der Waals surface area (Å²) in [5.74, 6) is 0.0276. The second-order valence-electron chi connectivity index (χ2n) is 9.25. The molecule has 37 heavy (non-hydrogen) atoms. The lowest BCUT2D eigenvalue weighted by molar-refractivity contribution is 0.0938. The van der Waals surface area contributed by atoms with Crippen molar-refractivity contribution in [3.8, 4) is 22.8 Å². The van der Waals surface area contributed by atoms with E-state index >= 15 is 0 Å². The monoisotopic (exact) mass is 506 g/mol. The number of anilines is 2. The maximum absolute atomic E-state index is 14.5. The third-order valence-corrected chi connectivity index (χ3v) is 6.80. The molecule has 1 unspecified atom stereocenters. The molecule has 2 aliphatic rings. The number of carbonyl (C=O) groups excluding carboxylic acids is 1. The molecule has 3 N–H and O–H groups in total. The first kappa shape index (κ1) is 24.8. The number of rotatable bonds is 3. The van der Waals surface area contributed by atoms with Gasteiger partial charge in [-0.1, -0.05) is 17.7 Å². The van der Waals surface area contributed by atoms with Crippen molar-refractivity contribution in [1.29, 1.82) is 0 Å². The average Bonchev–Trinajstić information content (AvgIpc) is 3.27. The summed E-state index contributed by atoms with van der Waals surface area (Å²) in [5, 5.41) is 6.33. The molecule has 0 saturated carbocycles. The Hall–Kier alpha value is -3.85. The predicted molar refractivity (Wildman–Crippen MR) is 139 cm³/mol. The van der Waals surface area contributed by atoms with Crippen LogP contribution in [0.2, 0.25) is 0 Å². The smallest absolute Gasteiger partial charge is 0.255 e. The Morgan fingerprint density at radius 1 is 1.24 bits per heavy atom. The van der Waals surface area contributed by atoms with Gasteiger partial charge in [0.1, 0.15) is 5.75 Å². The number of carbonyl (C=O) groups is 1. The van der Waals surface area contributed by atoms with Crippen LogP contribution in [0.15, 0.2) is 48.3 Å². The van der Waals surface area contributed by atoms with Gasteiger partial charge in [0.15, 0.2) is 11.6 Å². The summed E-state index contributed by atoms with van der Waals surface area (Å²) in [5.41, 5.74) is 4.90. The summed E-state index contributed by atoms with van der Waals surface area (Å²) in [6, 6.07) is 6.50. The van der Waals surface area contributed by atoms with Crippen molar-refractivity contribution < 1.29 is 23.4 Å². The molecule has 1 atom stereocenters. The molecule has 1 amide bonds. The van der Waals surface area contributed by atoms with Crippen LogP contribution in [0.25, 0.3) is 11.3 Å². The van der Waals surface area contributed by atoms with Crippen LogP contribution in [0.5, 0.6) is 11.5 Å². The van der Waals surface area contributed by atoms with Crippen LogP contribution < -0.4 is 20.1 Å². The van der Waals surface area contributed by atoms with Crippen LogP contribution >= 0.6 is 0 Å². The number of nitrogens with zero attached hydrogens (tertiary/aromatic N) is 1. The van der Waals surface area contributed by atoms with Crippen LogP contribution in [0.3, 0.4) is 0 Å². The largest absolute Gasteiger partial charge is 0.492 e. The first-order chi connectivity index (χ1) is 18.1. The Kier molecular flexibility index (Phi) is 7.41. The molecule has 5 rings (SSSR count). The Labute approximate surface area is 215 Å². The minimum Gasteiger partial charge on any atom is -0.492 e. The maximum atomic E-state index is 14.5. The van der Waals surface area contributed by atoms with Gasteiger partial charge in [-0.2, -0.15) is 0 Å². The van der Waals surface area contributed by atoms with Gasteiger partial charge in [0.05, 0.1) is 49.2 Å². The van der Waals surface area contributed by atoms with Crippen molar-refractivity contribution in [2.45, 2.75) is 32.1 Å². The van der Waals surface area contributed by atoms with E-state index in [0.717, 1.165) is 30.5 Å². The number of aromatic nitrogens is 2. The van der Waals surface area contributed by atoms with Gasteiger partial charge in [0.25, 0.3) is 5.91 Å². The Bertz CT molecular complexity index is 1320. The number of aromatic amines is 1. The fourth-order valence-corrected chi connectivity index (χ4v) is 4.83. The van der Waals surface area contributed by atoms with Crippen molar-refractivity contribution in [3.63, 3.8) is 0 Å². The SMILES string of the molecule is COc1c(F)cccc1Nc1c2[nH]c3c1C(=O)NCC3CCCOC/C=C(/C)CCOc1cnccc1-2. The Balaban J connectivity index is 1.65. The van der Waals surface area contributed by atoms with E-state index < -0.39 is 5.82 Å². The summed E-state index contributed by atoms with van der Waals surface area (Å²) in [7, 11) is 1.42. The van der Waals surface area contributed by atoms with Crippen LogP contribution in [0, 0.1) is 5.82 Å². The number of benzene rings is 1. The molecule has 0 aliphatic carbocycles. The molecule has 9 heteroatoms. The van der Waals surface area contributed by atoms with Crippen LogP contribution in [-0.4, -0.2) is 49.4 Å². The van der Waals surface area contributed by atoms with E-state index in [2.05, 4.69) is 33.6 Å². The van der Waals surface area contributed by atoms with E-state index in [1.807, 2.05) is 6.07 Å². The fourth-order valence-electron chi connectivity index (χ4n) is 4.83. The van der Waals surface area contributed by atoms with Crippen molar-refractivity contribution in [3.05, 3.63) is 65.4 Å². The van der Waals surface area contributed by atoms with Crippen LogP contribution in [0.1, 0.15) is 48.2 Å². The summed E-state index contributed by atoms with van der Waals surface area (Å²) in [6.07, 6.45) is 7.87. The van der Waals surface area contributed by atoms with Gasteiger partial charge in [-0.05, 0) is 38.0 Å². The molecule has 0 fully saturated rings. The van der Waals surface area contributed by atoms with Crippen molar-refractivity contribution in [2.24, 2.45) is 0 Å². The van der Waals surface area contributed by atoms with Gasteiger partial charge < -0.3 is 29.8 Å². The molecule has 2 aromatic heterocycles. The third-order valence-electron chi connectivity index (χ3n) is 6.80. The lowest BCUT2D eigenvalue weighted by Gasteiger charge is -2.24. The Morgan fingerprint density at radius 3 is 3.00 bits per heavy atom.